The normalized spacial score (nSPS) is 10.7. The number of pyridine rings is 1. The van der Waals surface area contributed by atoms with Gasteiger partial charge < -0.3 is 10.1 Å². The zero-order chi connectivity index (χ0) is 10.3. The highest BCUT2D eigenvalue weighted by Crippen LogP contribution is 2.27. The number of benzene rings is 1. The van der Waals surface area contributed by atoms with E-state index in [0.29, 0.717) is 5.52 Å². The molecule has 0 saturated carbocycles. The van der Waals surface area contributed by atoms with Crippen LogP contribution in [0.15, 0.2) is 31.9 Å². The van der Waals surface area contributed by atoms with Gasteiger partial charge in [-0.2, -0.15) is 0 Å². The number of nitrogens with one attached hydrogen (secondary N) is 1. The van der Waals surface area contributed by atoms with Gasteiger partial charge in [-0.05, 0) is 34.1 Å². The van der Waals surface area contributed by atoms with Gasteiger partial charge in [0.1, 0.15) is 0 Å². The Balaban J connectivity index is 2.96. The van der Waals surface area contributed by atoms with E-state index in [4.69, 9.17) is 0 Å². The predicted octanol–water partition coefficient (Wildman–Crippen LogP) is 2.76. The summed E-state index contributed by atoms with van der Waals surface area (Å²) in [6.45, 7) is 0. The van der Waals surface area contributed by atoms with Crippen molar-refractivity contribution in [1.29, 1.82) is 0 Å². The van der Waals surface area contributed by atoms with E-state index in [2.05, 4.69) is 36.8 Å². The molecule has 0 aliphatic carbocycles. The summed E-state index contributed by atoms with van der Waals surface area (Å²) in [5, 5.41) is 9.99. The zero-order valence-electron chi connectivity index (χ0n) is 6.84. The largest absolute Gasteiger partial charge is 0.503 e. The fourth-order valence-corrected chi connectivity index (χ4v) is 2.59. The quantitative estimate of drug-likeness (QED) is 0.784. The molecular weight excluding hydrogens is 314 g/mol. The number of aromatic nitrogens is 1. The maximum Gasteiger partial charge on any atom is 0.290 e. The Labute approximate surface area is 96.0 Å². The first-order valence-corrected chi connectivity index (χ1v) is 5.37. The molecule has 0 atom stereocenters. The van der Waals surface area contributed by atoms with E-state index < -0.39 is 5.56 Å². The van der Waals surface area contributed by atoms with Crippen LogP contribution in [0, 0.1) is 0 Å². The average Bonchev–Trinajstić information content (AvgIpc) is 2.08. The maximum absolute atomic E-state index is 11.1. The van der Waals surface area contributed by atoms with Gasteiger partial charge in [0.15, 0.2) is 5.75 Å². The van der Waals surface area contributed by atoms with Crippen LogP contribution in [0.1, 0.15) is 0 Å². The lowest BCUT2D eigenvalue weighted by molar-refractivity contribution is 0.468. The topological polar surface area (TPSA) is 53.1 Å². The molecule has 2 rings (SSSR count). The van der Waals surface area contributed by atoms with Crippen molar-refractivity contribution in [2.75, 3.05) is 0 Å². The standard InChI is InChI=1S/C9H5Br2NO2/c10-5-1-4-2-7(13)9(14)12-8(4)6(11)3-5/h1-3,13H,(H,12,14). The van der Waals surface area contributed by atoms with Crippen LogP contribution >= 0.6 is 31.9 Å². The van der Waals surface area contributed by atoms with E-state index in [1.807, 2.05) is 12.1 Å². The van der Waals surface area contributed by atoms with Gasteiger partial charge in [0.05, 0.1) is 5.52 Å². The molecule has 0 saturated heterocycles. The van der Waals surface area contributed by atoms with E-state index >= 15 is 0 Å². The summed E-state index contributed by atoms with van der Waals surface area (Å²) in [6.07, 6.45) is 0. The minimum Gasteiger partial charge on any atom is -0.503 e. The van der Waals surface area contributed by atoms with E-state index in [0.717, 1.165) is 14.3 Å². The van der Waals surface area contributed by atoms with Crippen LogP contribution in [-0.2, 0) is 0 Å². The third-order valence-electron chi connectivity index (χ3n) is 1.85. The number of hydrogen-bond acceptors (Lipinski definition) is 2. The molecule has 0 spiro atoms. The van der Waals surface area contributed by atoms with Crippen LogP contribution in [-0.4, -0.2) is 10.1 Å². The van der Waals surface area contributed by atoms with E-state index in [1.165, 1.54) is 6.07 Å². The highest BCUT2D eigenvalue weighted by atomic mass is 79.9. The molecule has 0 amide bonds. The second-order valence-corrected chi connectivity index (χ2v) is 4.61. The molecule has 1 heterocycles. The number of H-pyrrole nitrogens is 1. The van der Waals surface area contributed by atoms with Crippen molar-refractivity contribution in [2.24, 2.45) is 0 Å². The molecule has 14 heavy (non-hydrogen) atoms. The highest BCUT2D eigenvalue weighted by Gasteiger charge is 2.04. The highest BCUT2D eigenvalue weighted by molar-refractivity contribution is 9.11. The fraction of sp³-hybridized carbons (Fsp3) is 0. The molecule has 3 nitrogen and oxygen atoms in total. The van der Waals surface area contributed by atoms with Crippen LogP contribution in [0.2, 0.25) is 0 Å². The molecule has 2 N–H and O–H groups in total. The first-order valence-electron chi connectivity index (χ1n) is 3.79. The molecule has 0 radical (unpaired) electrons. The van der Waals surface area contributed by atoms with E-state index in [1.54, 1.807) is 0 Å². The molecule has 72 valence electrons. The molecule has 1 aromatic heterocycles. The SMILES string of the molecule is O=c1[nH]c2c(Br)cc(Br)cc2cc1O. The lowest BCUT2D eigenvalue weighted by Gasteiger charge is -2.02. The van der Waals surface area contributed by atoms with Crippen LogP contribution in [0.5, 0.6) is 5.75 Å². The molecular formula is C9H5Br2NO2. The number of aromatic hydroxyl groups is 1. The Bertz CT molecular complexity index is 562. The lowest BCUT2D eigenvalue weighted by Crippen LogP contribution is -2.04. The Morgan fingerprint density at radius 3 is 2.64 bits per heavy atom. The second kappa shape index (κ2) is 3.40. The van der Waals surface area contributed by atoms with Crippen molar-refractivity contribution < 1.29 is 5.11 Å². The lowest BCUT2D eigenvalue weighted by atomic mass is 10.2. The van der Waals surface area contributed by atoms with E-state index in [-0.39, 0.29) is 5.75 Å². The van der Waals surface area contributed by atoms with Gasteiger partial charge in [0, 0.05) is 14.3 Å². The van der Waals surface area contributed by atoms with Crippen molar-refractivity contribution in [3.05, 3.63) is 37.5 Å². The Hall–Kier alpha value is -0.810. The molecule has 5 heteroatoms. The molecule has 0 bridgehead atoms. The number of hydrogen-bond donors (Lipinski definition) is 2. The predicted molar refractivity (Wildman–Crippen MR) is 61.6 cm³/mol. The van der Waals surface area contributed by atoms with Gasteiger partial charge in [0.2, 0.25) is 0 Å². The minimum atomic E-state index is -0.486. The van der Waals surface area contributed by atoms with Gasteiger partial charge in [-0.1, -0.05) is 15.9 Å². The number of aromatic amines is 1. The fourth-order valence-electron chi connectivity index (χ4n) is 1.23. The smallest absolute Gasteiger partial charge is 0.290 e. The number of fused-ring (bicyclic) bond motifs is 1. The molecule has 1 aromatic carbocycles. The number of halogens is 2. The number of rotatable bonds is 0. The Kier molecular flexibility index (Phi) is 2.36. The second-order valence-electron chi connectivity index (χ2n) is 2.84. The third-order valence-corrected chi connectivity index (χ3v) is 2.93. The average molecular weight is 319 g/mol. The van der Waals surface area contributed by atoms with Gasteiger partial charge in [0.25, 0.3) is 5.56 Å². The summed E-state index contributed by atoms with van der Waals surface area (Å²) in [6, 6.07) is 5.08. The van der Waals surface area contributed by atoms with Gasteiger partial charge >= 0.3 is 0 Å². The van der Waals surface area contributed by atoms with Gasteiger partial charge in [-0.3, -0.25) is 4.79 Å². The molecule has 2 aromatic rings. The molecule has 0 fully saturated rings. The molecule has 0 aliphatic rings. The Morgan fingerprint density at radius 1 is 1.21 bits per heavy atom. The van der Waals surface area contributed by atoms with Gasteiger partial charge in [-0.15, -0.1) is 0 Å². The maximum atomic E-state index is 11.1. The summed E-state index contributed by atoms with van der Waals surface area (Å²) in [7, 11) is 0. The monoisotopic (exact) mass is 317 g/mol. The van der Waals surface area contributed by atoms with Crippen LogP contribution in [0.3, 0.4) is 0 Å². The third kappa shape index (κ3) is 1.57. The first kappa shape index (κ1) is 9.73. The zero-order valence-corrected chi connectivity index (χ0v) is 10.0. The van der Waals surface area contributed by atoms with Crippen molar-refractivity contribution in [1.82, 2.24) is 4.98 Å². The van der Waals surface area contributed by atoms with Crippen molar-refractivity contribution >= 4 is 42.8 Å². The van der Waals surface area contributed by atoms with Crippen molar-refractivity contribution in [3.8, 4) is 5.75 Å². The Morgan fingerprint density at radius 2 is 1.93 bits per heavy atom. The van der Waals surface area contributed by atoms with Crippen LogP contribution in [0.25, 0.3) is 10.9 Å². The summed E-state index contributed by atoms with van der Waals surface area (Å²) >= 11 is 6.65. The van der Waals surface area contributed by atoms with Crippen LogP contribution < -0.4 is 5.56 Å². The van der Waals surface area contributed by atoms with Crippen molar-refractivity contribution in [2.45, 2.75) is 0 Å². The molecule has 0 unspecified atom stereocenters. The minimum absolute atomic E-state index is 0.275. The van der Waals surface area contributed by atoms with E-state index in [9.17, 15) is 9.90 Å². The summed E-state index contributed by atoms with van der Waals surface area (Å²) in [4.78, 5) is 13.7. The summed E-state index contributed by atoms with van der Waals surface area (Å²) in [5.74, 6) is -0.275. The van der Waals surface area contributed by atoms with Gasteiger partial charge in [-0.25, -0.2) is 0 Å². The van der Waals surface area contributed by atoms with Crippen molar-refractivity contribution in [3.63, 3.8) is 0 Å². The van der Waals surface area contributed by atoms with Crippen LogP contribution in [0.4, 0.5) is 0 Å². The summed E-state index contributed by atoms with van der Waals surface area (Å²) < 4.78 is 1.65. The first-order chi connectivity index (χ1) is 6.58. The summed E-state index contributed by atoms with van der Waals surface area (Å²) in [5.41, 5.74) is 0.191. The molecule has 0 aliphatic heterocycles.